The Morgan fingerprint density at radius 2 is 1.76 bits per heavy atom. The lowest BCUT2D eigenvalue weighted by molar-refractivity contribution is -0.123. The number of hydrogen-bond donors (Lipinski definition) is 2. The number of anilines is 1. The Balaban J connectivity index is 0.00000161. The van der Waals surface area contributed by atoms with Gasteiger partial charge in [-0.05, 0) is 56.4 Å². The first-order valence-corrected chi connectivity index (χ1v) is 8.41. The Kier molecular flexibility index (Phi) is 5.58. The zero-order valence-corrected chi connectivity index (χ0v) is 13.8. The summed E-state index contributed by atoms with van der Waals surface area (Å²) in [6.07, 6.45) is 8.05. The standard InChI is InChI=1S/C16H22N2OS.ClH/c17-16(10-3-11-16)15(19)18-12-6-8-14(9-7-12)20-13-4-1-2-5-13;/h6-9,13H,1-5,10-11,17H2,(H,18,19);1H. The van der Waals surface area contributed by atoms with Crippen LogP contribution in [0.2, 0.25) is 0 Å². The Bertz CT molecular complexity index is 482. The SMILES string of the molecule is Cl.NC1(C(=O)Nc2ccc(SC3CCCC3)cc2)CCC1. The van der Waals surface area contributed by atoms with Crippen LogP contribution in [0.1, 0.15) is 44.9 Å². The van der Waals surface area contributed by atoms with E-state index in [0.29, 0.717) is 0 Å². The zero-order valence-electron chi connectivity index (χ0n) is 12.1. The molecule has 0 spiro atoms. The van der Waals surface area contributed by atoms with Gasteiger partial charge in [0.15, 0.2) is 0 Å². The summed E-state index contributed by atoms with van der Waals surface area (Å²) in [7, 11) is 0. The number of amides is 1. The fourth-order valence-corrected chi connectivity index (χ4v) is 4.10. The third-order valence-electron chi connectivity index (χ3n) is 4.42. The lowest BCUT2D eigenvalue weighted by Crippen LogP contribution is -2.56. The van der Waals surface area contributed by atoms with Crippen LogP contribution in [0.5, 0.6) is 0 Å². The number of nitrogens with two attached hydrogens (primary N) is 1. The fourth-order valence-electron chi connectivity index (χ4n) is 2.86. The molecule has 3 rings (SSSR count). The molecular formula is C16H23ClN2OS. The lowest BCUT2D eigenvalue weighted by Gasteiger charge is -2.36. The molecule has 5 heteroatoms. The van der Waals surface area contributed by atoms with E-state index in [-0.39, 0.29) is 18.3 Å². The molecule has 0 aliphatic heterocycles. The van der Waals surface area contributed by atoms with Gasteiger partial charge in [-0.25, -0.2) is 0 Å². The second kappa shape index (κ2) is 7.03. The third-order valence-corrected chi connectivity index (χ3v) is 5.76. The van der Waals surface area contributed by atoms with Gasteiger partial charge in [-0.3, -0.25) is 4.79 Å². The van der Waals surface area contributed by atoms with E-state index in [9.17, 15) is 4.79 Å². The molecule has 1 amide bonds. The number of carbonyl (C=O) groups excluding carboxylic acids is 1. The Morgan fingerprint density at radius 3 is 2.29 bits per heavy atom. The summed E-state index contributed by atoms with van der Waals surface area (Å²) in [6, 6.07) is 8.17. The van der Waals surface area contributed by atoms with Crippen LogP contribution in [0.15, 0.2) is 29.2 Å². The number of nitrogens with one attached hydrogen (secondary N) is 1. The summed E-state index contributed by atoms with van der Waals surface area (Å²) < 4.78 is 0. The molecule has 116 valence electrons. The fraction of sp³-hybridized carbons (Fsp3) is 0.562. The van der Waals surface area contributed by atoms with Gasteiger partial charge < -0.3 is 11.1 Å². The van der Waals surface area contributed by atoms with Gasteiger partial charge in [0.2, 0.25) is 5.91 Å². The van der Waals surface area contributed by atoms with Gasteiger partial charge in [-0.15, -0.1) is 24.2 Å². The van der Waals surface area contributed by atoms with Crippen molar-refractivity contribution in [3.8, 4) is 0 Å². The van der Waals surface area contributed by atoms with Crippen molar-refractivity contribution in [1.29, 1.82) is 0 Å². The summed E-state index contributed by atoms with van der Waals surface area (Å²) in [6.45, 7) is 0. The van der Waals surface area contributed by atoms with Gasteiger partial charge in [0.05, 0.1) is 5.54 Å². The first-order chi connectivity index (χ1) is 9.66. The molecule has 2 aliphatic rings. The van der Waals surface area contributed by atoms with Gasteiger partial charge in [0, 0.05) is 15.8 Å². The van der Waals surface area contributed by atoms with Crippen LogP contribution in [0.25, 0.3) is 0 Å². The molecule has 0 aromatic heterocycles. The summed E-state index contributed by atoms with van der Waals surface area (Å²) >= 11 is 1.96. The maximum atomic E-state index is 12.0. The molecule has 0 unspecified atom stereocenters. The highest BCUT2D eigenvalue weighted by Gasteiger charge is 2.40. The largest absolute Gasteiger partial charge is 0.324 e. The maximum absolute atomic E-state index is 12.0. The highest BCUT2D eigenvalue weighted by atomic mass is 35.5. The average molecular weight is 327 g/mol. The number of halogens is 1. The molecule has 0 heterocycles. The van der Waals surface area contributed by atoms with Gasteiger partial charge in [0.1, 0.15) is 0 Å². The number of carbonyl (C=O) groups is 1. The van der Waals surface area contributed by atoms with Gasteiger partial charge >= 0.3 is 0 Å². The molecule has 0 atom stereocenters. The van der Waals surface area contributed by atoms with Crippen molar-refractivity contribution < 1.29 is 4.79 Å². The van der Waals surface area contributed by atoms with Gasteiger partial charge in [0.25, 0.3) is 0 Å². The molecule has 2 saturated carbocycles. The zero-order chi connectivity index (χ0) is 14.0. The molecular weight excluding hydrogens is 304 g/mol. The first-order valence-electron chi connectivity index (χ1n) is 7.53. The number of hydrogen-bond acceptors (Lipinski definition) is 3. The van der Waals surface area contributed by atoms with E-state index in [1.54, 1.807) is 0 Å². The third kappa shape index (κ3) is 3.93. The van der Waals surface area contributed by atoms with Crippen LogP contribution in [0.4, 0.5) is 5.69 Å². The summed E-state index contributed by atoms with van der Waals surface area (Å²) in [5.41, 5.74) is 6.24. The van der Waals surface area contributed by atoms with Crippen molar-refractivity contribution in [1.82, 2.24) is 0 Å². The quantitative estimate of drug-likeness (QED) is 0.880. The Labute approximate surface area is 136 Å². The number of rotatable bonds is 4. The van der Waals surface area contributed by atoms with Crippen molar-refractivity contribution in [2.24, 2.45) is 5.73 Å². The molecule has 0 saturated heterocycles. The average Bonchev–Trinajstić information content (AvgIpc) is 2.91. The van der Waals surface area contributed by atoms with Crippen LogP contribution in [-0.2, 0) is 4.79 Å². The van der Waals surface area contributed by atoms with Gasteiger partial charge in [-0.1, -0.05) is 12.8 Å². The molecule has 2 aliphatic carbocycles. The van der Waals surface area contributed by atoms with Crippen molar-refractivity contribution in [2.75, 3.05) is 5.32 Å². The molecule has 21 heavy (non-hydrogen) atoms. The van der Waals surface area contributed by atoms with E-state index in [4.69, 9.17) is 5.73 Å². The molecule has 2 fully saturated rings. The second-order valence-corrected chi connectivity index (χ2v) is 7.39. The maximum Gasteiger partial charge on any atom is 0.244 e. The predicted octanol–water partition coefficient (Wildman–Crippen LogP) is 3.96. The molecule has 3 nitrogen and oxygen atoms in total. The Morgan fingerprint density at radius 1 is 1.14 bits per heavy atom. The van der Waals surface area contributed by atoms with E-state index in [2.05, 4.69) is 17.4 Å². The number of thioether (sulfide) groups is 1. The molecule has 1 aromatic rings. The minimum atomic E-state index is -0.628. The highest BCUT2D eigenvalue weighted by Crippen LogP contribution is 2.35. The summed E-state index contributed by atoms with van der Waals surface area (Å²) in [5.74, 6) is -0.0417. The van der Waals surface area contributed by atoms with E-state index in [1.165, 1.54) is 30.6 Å². The van der Waals surface area contributed by atoms with E-state index >= 15 is 0 Å². The summed E-state index contributed by atoms with van der Waals surface area (Å²) in [4.78, 5) is 13.3. The highest BCUT2D eigenvalue weighted by molar-refractivity contribution is 8.00. The van der Waals surface area contributed by atoms with Crippen molar-refractivity contribution in [3.63, 3.8) is 0 Å². The van der Waals surface area contributed by atoms with E-state index in [0.717, 1.165) is 30.2 Å². The van der Waals surface area contributed by atoms with Crippen molar-refractivity contribution in [3.05, 3.63) is 24.3 Å². The number of benzene rings is 1. The van der Waals surface area contributed by atoms with Crippen molar-refractivity contribution >= 4 is 35.8 Å². The van der Waals surface area contributed by atoms with E-state index < -0.39 is 5.54 Å². The van der Waals surface area contributed by atoms with Crippen LogP contribution in [0.3, 0.4) is 0 Å². The minimum Gasteiger partial charge on any atom is -0.324 e. The molecule has 0 bridgehead atoms. The molecule has 3 N–H and O–H groups in total. The van der Waals surface area contributed by atoms with Crippen LogP contribution in [-0.4, -0.2) is 16.7 Å². The lowest BCUT2D eigenvalue weighted by atomic mass is 9.77. The van der Waals surface area contributed by atoms with E-state index in [1.807, 2.05) is 23.9 Å². The topological polar surface area (TPSA) is 55.1 Å². The Hall–Kier alpha value is -0.710. The van der Waals surface area contributed by atoms with Crippen LogP contribution in [0, 0.1) is 0 Å². The summed E-state index contributed by atoms with van der Waals surface area (Å²) in [5, 5.41) is 3.71. The monoisotopic (exact) mass is 326 g/mol. The van der Waals surface area contributed by atoms with Crippen LogP contribution < -0.4 is 11.1 Å². The molecule has 1 aromatic carbocycles. The molecule has 0 radical (unpaired) electrons. The van der Waals surface area contributed by atoms with Crippen LogP contribution >= 0.6 is 24.2 Å². The van der Waals surface area contributed by atoms with Gasteiger partial charge in [-0.2, -0.15) is 0 Å². The predicted molar refractivity (Wildman–Crippen MR) is 91.2 cm³/mol. The minimum absolute atomic E-state index is 0. The normalized spacial score (nSPS) is 20.4. The first kappa shape index (κ1) is 16.7. The smallest absolute Gasteiger partial charge is 0.244 e. The second-order valence-electron chi connectivity index (χ2n) is 6.01. The van der Waals surface area contributed by atoms with Crippen molar-refractivity contribution in [2.45, 2.75) is 60.6 Å².